The second kappa shape index (κ2) is 7.41. The van der Waals surface area contributed by atoms with Crippen LogP contribution in [0, 0.1) is 0 Å². The Morgan fingerprint density at radius 3 is 1.63 bits per heavy atom. The zero-order valence-corrected chi connectivity index (χ0v) is 10.4. The minimum atomic E-state index is -1.29. The summed E-state index contributed by atoms with van der Waals surface area (Å²) in [5, 5.41) is 54.3. The van der Waals surface area contributed by atoms with Crippen LogP contribution in [0.1, 0.15) is 24.2 Å². The summed E-state index contributed by atoms with van der Waals surface area (Å²) in [6, 6.07) is 1.69. The van der Waals surface area contributed by atoms with E-state index in [1.165, 1.54) is 0 Å². The summed E-state index contributed by atoms with van der Waals surface area (Å²) < 4.78 is 0. The molecular formula is C11H17NO7. The number of aromatic carboxylic acids is 1. The maximum Gasteiger partial charge on any atom is 0.335 e. The second-order valence-corrected chi connectivity index (χ2v) is 3.69. The summed E-state index contributed by atoms with van der Waals surface area (Å²) in [7, 11) is 0. The molecule has 8 nitrogen and oxygen atoms in total. The molecule has 0 aromatic heterocycles. The van der Waals surface area contributed by atoms with Crippen LogP contribution in [0.2, 0.25) is 0 Å². The van der Waals surface area contributed by atoms with Gasteiger partial charge in [0.2, 0.25) is 0 Å². The average Bonchev–Trinajstić information content (AvgIpc) is 2.23. The Kier molecular flexibility index (Phi) is 6.62. The Bertz CT molecular complexity index is 402. The van der Waals surface area contributed by atoms with Crippen LogP contribution in [-0.4, -0.2) is 49.1 Å². The Labute approximate surface area is 109 Å². The molecule has 0 bridgehead atoms. The first-order valence-corrected chi connectivity index (χ1v) is 5.25. The average molecular weight is 275 g/mol. The summed E-state index contributed by atoms with van der Waals surface area (Å²) in [6.45, 7) is 3.10. The Morgan fingerprint density at radius 1 is 1.05 bits per heavy atom. The number of rotatable bonds is 3. The zero-order valence-electron chi connectivity index (χ0n) is 10.4. The molecule has 108 valence electrons. The Morgan fingerprint density at radius 2 is 1.42 bits per heavy atom. The topological polar surface area (TPSA) is 150 Å². The first-order valence-electron chi connectivity index (χ1n) is 5.25. The molecular weight excluding hydrogens is 258 g/mol. The van der Waals surface area contributed by atoms with Gasteiger partial charge in [-0.15, -0.1) is 0 Å². The fraction of sp³-hybridized carbons (Fsp3) is 0.364. The number of carbonyl (C=O) groups is 1. The van der Waals surface area contributed by atoms with Gasteiger partial charge in [-0.05, 0) is 26.0 Å². The van der Waals surface area contributed by atoms with Crippen molar-refractivity contribution in [3.63, 3.8) is 0 Å². The predicted molar refractivity (Wildman–Crippen MR) is 64.9 cm³/mol. The third kappa shape index (κ3) is 6.46. The van der Waals surface area contributed by atoms with Crippen molar-refractivity contribution >= 4 is 5.97 Å². The third-order valence-electron chi connectivity index (χ3n) is 1.80. The van der Waals surface area contributed by atoms with E-state index in [1.54, 1.807) is 13.8 Å². The van der Waals surface area contributed by atoms with Crippen molar-refractivity contribution in [3.8, 4) is 17.2 Å². The van der Waals surface area contributed by atoms with Crippen LogP contribution in [0.4, 0.5) is 0 Å². The number of phenols is 3. The number of nitrogens with one attached hydrogen (secondary N) is 1. The lowest BCUT2D eigenvalue weighted by Gasteiger charge is -2.08. The lowest BCUT2D eigenvalue weighted by molar-refractivity contribution is 0.0631. The summed E-state index contributed by atoms with van der Waals surface area (Å²) in [6.07, 6.45) is -1.25. The molecule has 0 amide bonds. The van der Waals surface area contributed by atoms with Gasteiger partial charge in [-0.2, -0.15) is 0 Å². The van der Waals surface area contributed by atoms with Crippen molar-refractivity contribution in [2.75, 3.05) is 0 Å². The van der Waals surface area contributed by atoms with Crippen molar-refractivity contribution in [3.05, 3.63) is 17.7 Å². The van der Waals surface area contributed by atoms with Gasteiger partial charge in [0.1, 0.15) is 12.5 Å². The summed E-state index contributed by atoms with van der Waals surface area (Å²) in [5.41, 5.74) is -0.289. The van der Waals surface area contributed by atoms with E-state index in [2.05, 4.69) is 5.32 Å². The molecule has 1 rings (SSSR count). The van der Waals surface area contributed by atoms with Crippen molar-refractivity contribution in [1.29, 1.82) is 0 Å². The van der Waals surface area contributed by atoms with Gasteiger partial charge in [-0.3, -0.25) is 5.32 Å². The summed E-state index contributed by atoms with van der Waals surface area (Å²) in [4.78, 5) is 10.3. The van der Waals surface area contributed by atoms with Gasteiger partial charge in [-0.1, -0.05) is 0 Å². The Balaban J connectivity index is 0.000000399. The number of hydrogen-bond donors (Lipinski definition) is 7. The van der Waals surface area contributed by atoms with Crippen LogP contribution < -0.4 is 5.32 Å². The van der Waals surface area contributed by atoms with E-state index < -0.39 is 35.7 Å². The molecule has 0 radical (unpaired) electrons. The number of carboxylic acid groups (broad SMARTS) is 1. The van der Waals surface area contributed by atoms with Crippen molar-refractivity contribution in [2.24, 2.45) is 0 Å². The first kappa shape index (κ1) is 17.0. The molecule has 0 aliphatic carbocycles. The fourth-order valence-corrected chi connectivity index (χ4v) is 1.08. The summed E-state index contributed by atoms with van der Waals surface area (Å²) in [5.74, 6) is -3.33. The van der Waals surface area contributed by atoms with Crippen LogP contribution in [0.3, 0.4) is 0 Å². The largest absolute Gasteiger partial charge is 0.504 e. The molecule has 7 N–H and O–H groups in total. The highest BCUT2D eigenvalue weighted by molar-refractivity contribution is 5.89. The molecule has 0 aliphatic heterocycles. The van der Waals surface area contributed by atoms with Crippen LogP contribution in [0.5, 0.6) is 17.2 Å². The number of hydrogen-bond acceptors (Lipinski definition) is 7. The molecule has 8 heteroatoms. The minimum Gasteiger partial charge on any atom is -0.504 e. The molecule has 1 aromatic rings. The number of aliphatic hydroxyl groups is 2. The van der Waals surface area contributed by atoms with Gasteiger partial charge in [0.25, 0.3) is 0 Å². The highest BCUT2D eigenvalue weighted by Gasteiger charge is 2.11. The third-order valence-corrected chi connectivity index (χ3v) is 1.80. The SMILES string of the molecule is CC(O)NC(C)O.O=C(O)c1cc(O)c(O)c(O)c1. The first-order chi connectivity index (χ1) is 8.65. The maximum atomic E-state index is 10.3. The molecule has 2 unspecified atom stereocenters. The smallest absolute Gasteiger partial charge is 0.335 e. The van der Waals surface area contributed by atoms with Gasteiger partial charge in [0.05, 0.1) is 5.56 Å². The zero-order chi connectivity index (χ0) is 15.2. The van der Waals surface area contributed by atoms with E-state index in [4.69, 9.17) is 30.6 Å². The molecule has 0 aliphatic rings. The molecule has 1 aromatic carbocycles. The van der Waals surface area contributed by atoms with E-state index >= 15 is 0 Å². The van der Waals surface area contributed by atoms with Crippen LogP contribution in [0.25, 0.3) is 0 Å². The van der Waals surface area contributed by atoms with Crippen LogP contribution >= 0.6 is 0 Å². The van der Waals surface area contributed by atoms with Gasteiger partial charge in [-0.25, -0.2) is 4.79 Å². The molecule has 0 heterocycles. The maximum absolute atomic E-state index is 10.3. The van der Waals surface area contributed by atoms with Crippen LogP contribution in [0.15, 0.2) is 12.1 Å². The lowest BCUT2D eigenvalue weighted by Crippen LogP contribution is -2.33. The standard InChI is InChI=1S/C7H6O5.C4H11NO2/c8-4-1-3(7(11)12)2-5(9)6(4)10;1-3(6)5-4(2)7/h1-2,8-10H,(H,11,12);3-7H,1-2H3. The number of phenolic OH excluding ortho intramolecular Hbond substituents is 3. The van der Waals surface area contributed by atoms with Crippen LogP contribution in [-0.2, 0) is 0 Å². The van der Waals surface area contributed by atoms with E-state index in [-0.39, 0.29) is 5.56 Å². The van der Waals surface area contributed by atoms with Crippen molar-refractivity contribution < 1.29 is 35.4 Å². The molecule has 2 atom stereocenters. The second-order valence-electron chi connectivity index (χ2n) is 3.69. The van der Waals surface area contributed by atoms with Gasteiger partial charge < -0.3 is 30.6 Å². The lowest BCUT2D eigenvalue weighted by atomic mass is 10.2. The van der Waals surface area contributed by atoms with Gasteiger partial charge in [0, 0.05) is 0 Å². The molecule has 0 fully saturated rings. The summed E-state index contributed by atoms with van der Waals surface area (Å²) >= 11 is 0. The number of carboxylic acids is 1. The number of aliphatic hydroxyl groups excluding tert-OH is 2. The van der Waals surface area contributed by atoms with Gasteiger partial charge >= 0.3 is 5.97 Å². The molecule has 0 saturated carbocycles. The molecule has 19 heavy (non-hydrogen) atoms. The highest BCUT2D eigenvalue weighted by atomic mass is 16.4. The van der Waals surface area contributed by atoms with E-state index in [1.807, 2.05) is 0 Å². The minimum absolute atomic E-state index is 0.289. The van der Waals surface area contributed by atoms with E-state index in [9.17, 15) is 4.79 Å². The van der Waals surface area contributed by atoms with Gasteiger partial charge in [0.15, 0.2) is 17.2 Å². The number of benzene rings is 1. The fourth-order valence-electron chi connectivity index (χ4n) is 1.08. The van der Waals surface area contributed by atoms with Crippen molar-refractivity contribution in [1.82, 2.24) is 5.32 Å². The highest BCUT2D eigenvalue weighted by Crippen LogP contribution is 2.35. The monoisotopic (exact) mass is 275 g/mol. The quantitative estimate of drug-likeness (QED) is 0.295. The van der Waals surface area contributed by atoms with E-state index in [0.717, 1.165) is 12.1 Å². The Hall–Kier alpha value is -2.03. The molecule has 0 spiro atoms. The normalized spacial score (nSPS) is 13.1. The predicted octanol–water partition coefficient (Wildman–Crippen LogP) is -0.246. The molecule has 0 saturated heterocycles. The number of aromatic hydroxyl groups is 3. The van der Waals surface area contributed by atoms with E-state index in [0.29, 0.717) is 0 Å². The van der Waals surface area contributed by atoms with Crippen molar-refractivity contribution in [2.45, 2.75) is 26.3 Å².